The van der Waals surface area contributed by atoms with Crippen molar-refractivity contribution in [1.29, 1.82) is 0 Å². The van der Waals surface area contributed by atoms with E-state index in [1.165, 1.54) is 6.42 Å². The minimum Gasteiger partial charge on any atom is -0.461 e. The van der Waals surface area contributed by atoms with Crippen LogP contribution in [0.2, 0.25) is 0 Å². The highest BCUT2D eigenvalue weighted by Crippen LogP contribution is 2.36. The topological polar surface area (TPSA) is 44.1 Å². The molecule has 2 unspecified atom stereocenters. The summed E-state index contributed by atoms with van der Waals surface area (Å²) in [5, 5.41) is 0. The molecule has 1 aliphatic rings. The van der Waals surface area contributed by atoms with Gasteiger partial charge in [-0.05, 0) is 49.7 Å². The molecule has 0 amide bonds. The number of benzene rings is 1. The fraction of sp³-hybridized carbons (Fsp3) is 0.636. The largest absolute Gasteiger partial charge is 0.461 e. The van der Waals surface area contributed by atoms with Crippen LogP contribution < -0.4 is 0 Å². The van der Waals surface area contributed by atoms with E-state index in [2.05, 4.69) is 27.7 Å². The predicted octanol–water partition coefficient (Wildman–Crippen LogP) is 5.16. The van der Waals surface area contributed by atoms with Crippen molar-refractivity contribution in [3.63, 3.8) is 0 Å². The molecule has 26 heavy (non-hydrogen) atoms. The number of rotatable bonds is 5. The van der Waals surface area contributed by atoms with Gasteiger partial charge in [0.15, 0.2) is 0 Å². The summed E-state index contributed by atoms with van der Waals surface area (Å²) in [6.07, 6.45) is 4.19. The zero-order valence-corrected chi connectivity index (χ0v) is 16.7. The van der Waals surface area contributed by atoms with E-state index >= 15 is 0 Å². The van der Waals surface area contributed by atoms with Gasteiger partial charge in [0.1, 0.15) is 18.0 Å². The van der Waals surface area contributed by atoms with Gasteiger partial charge in [0, 0.05) is 6.42 Å². The minimum absolute atomic E-state index is 0.0357. The first-order chi connectivity index (χ1) is 12.4. The molecular weight excluding hydrogens is 324 g/mol. The van der Waals surface area contributed by atoms with Crippen molar-refractivity contribution in [2.75, 3.05) is 0 Å². The quantitative estimate of drug-likeness (QED) is 0.695. The molecule has 1 aromatic heterocycles. The molecule has 1 aliphatic carbocycles. The number of carbonyl (C=O) groups is 1. The maximum atomic E-state index is 13.0. The number of nitrogens with zero attached hydrogens (tertiary/aromatic N) is 2. The van der Waals surface area contributed by atoms with Gasteiger partial charge in [-0.25, -0.2) is 9.78 Å². The van der Waals surface area contributed by atoms with Crippen molar-refractivity contribution in [3.8, 4) is 0 Å². The highest BCUT2D eigenvalue weighted by molar-refractivity contribution is 5.81. The van der Waals surface area contributed by atoms with E-state index in [4.69, 9.17) is 9.72 Å². The Morgan fingerprint density at radius 2 is 2.00 bits per heavy atom. The Morgan fingerprint density at radius 3 is 2.69 bits per heavy atom. The summed E-state index contributed by atoms with van der Waals surface area (Å²) in [5.74, 6) is 2.43. The van der Waals surface area contributed by atoms with Crippen LogP contribution in [0.25, 0.3) is 11.0 Å². The third-order valence-electron chi connectivity index (χ3n) is 5.94. The number of fused-ring (bicyclic) bond motifs is 1. The molecular formula is C22H32N2O2. The molecule has 4 nitrogen and oxygen atoms in total. The van der Waals surface area contributed by atoms with E-state index in [0.29, 0.717) is 17.8 Å². The van der Waals surface area contributed by atoms with Crippen LogP contribution in [0, 0.1) is 17.8 Å². The molecule has 0 N–H and O–H groups in total. The van der Waals surface area contributed by atoms with Gasteiger partial charge in [-0.2, -0.15) is 0 Å². The third-order valence-corrected chi connectivity index (χ3v) is 5.94. The Labute approximate surface area is 156 Å². The third kappa shape index (κ3) is 3.65. The lowest BCUT2D eigenvalue weighted by Gasteiger charge is -2.37. The monoisotopic (exact) mass is 356 g/mol. The Morgan fingerprint density at radius 1 is 1.27 bits per heavy atom. The summed E-state index contributed by atoms with van der Waals surface area (Å²) in [4.78, 5) is 17.7. The molecule has 0 radical (unpaired) electrons. The summed E-state index contributed by atoms with van der Waals surface area (Å²) in [7, 11) is 0. The van der Waals surface area contributed by atoms with E-state index in [9.17, 15) is 4.79 Å². The van der Waals surface area contributed by atoms with Crippen molar-refractivity contribution in [3.05, 3.63) is 30.1 Å². The van der Waals surface area contributed by atoms with Gasteiger partial charge in [0.2, 0.25) is 0 Å². The second kappa shape index (κ2) is 7.81. The minimum atomic E-state index is -0.359. The molecule has 142 valence electrons. The number of aryl methyl sites for hydroxylation is 1. The van der Waals surface area contributed by atoms with Gasteiger partial charge in [0.25, 0.3) is 0 Å². The van der Waals surface area contributed by atoms with Gasteiger partial charge < -0.3 is 9.30 Å². The standard InChI is InChI=1S/C22H32N2O2/c1-6-21-23-18-9-7-8-10-19(18)24(21)16(5)22(25)26-20-13-15(4)11-12-17(20)14(2)3/h7-10,14-17,20H,6,11-13H2,1-5H3/t15?,16-,17?,20-/m1/s1. The van der Waals surface area contributed by atoms with Crippen molar-refractivity contribution in [2.45, 2.75) is 72.4 Å². The number of esters is 1. The van der Waals surface area contributed by atoms with Crippen molar-refractivity contribution in [1.82, 2.24) is 9.55 Å². The molecule has 1 aromatic carbocycles. The summed E-state index contributed by atoms with van der Waals surface area (Å²) in [6.45, 7) is 10.8. The lowest BCUT2D eigenvalue weighted by Crippen LogP contribution is -2.37. The van der Waals surface area contributed by atoms with E-state index in [-0.39, 0.29) is 18.1 Å². The molecule has 0 saturated heterocycles. The van der Waals surface area contributed by atoms with Gasteiger partial charge in [0.05, 0.1) is 11.0 Å². The second-order valence-corrected chi connectivity index (χ2v) is 8.22. The summed E-state index contributed by atoms with van der Waals surface area (Å²) in [6, 6.07) is 7.65. The van der Waals surface area contributed by atoms with Gasteiger partial charge in [-0.15, -0.1) is 0 Å². The zero-order valence-electron chi connectivity index (χ0n) is 16.7. The van der Waals surface area contributed by atoms with Crippen molar-refractivity contribution < 1.29 is 9.53 Å². The van der Waals surface area contributed by atoms with Gasteiger partial charge >= 0.3 is 5.97 Å². The lowest BCUT2D eigenvalue weighted by molar-refractivity contribution is -0.159. The van der Waals surface area contributed by atoms with E-state index in [1.54, 1.807) is 0 Å². The summed E-state index contributed by atoms with van der Waals surface area (Å²) < 4.78 is 8.13. The maximum Gasteiger partial charge on any atom is 0.329 e. The molecule has 1 fully saturated rings. The Hall–Kier alpha value is -1.84. The van der Waals surface area contributed by atoms with Crippen LogP contribution in [-0.2, 0) is 16.0 Å². The maximum absolute atomic E-state index is 13.0. The van der Waals surface area contributed by atoms with Crippen LogP contribution in [0.4, 0.5) is 0 Å². The van der Waals surface area contributed by atoms with Crippen LogP contribution >= 0.6 is 0 Å². The average molecular weight is 357 g/mol. The number of ether oxygens (including phenoxy) is 1. The number of aromatic nitrogens is 2. The number of para-hydroxylation sites is 2. The summed E-state index contributed by atoms with van der Waals surface area (Å²) in [5.41, 5.74) is 1.95. The highest BCUT2D eigenvalue weighted by Gasteiger charge is 2.35. The normalized spacial score (nSPS) is 24.8. The van der Waals surface area contributed by atoms with E-state index < -0.39 is 0 Å². The van der Waals surface area contributed by atoms with Gasteiger partial charge in [-0.3, -0.25) is 0 Å². The van der Waals surface area contributed by atoms with Crippen LogP contribution in [0.1, 0.15) is 65.7 Å². The second-order valence-electron chi connectivity index (χ2n) is 8.22. The van der Waals surface area contributed by atoms with Crippen molar-refractivity contribution in [2.24, 2.45) is 17.8 Å². The molecule has 0 aliphatic heterocycles. The molecule has 1 heterocycles. The van der Waals surface area contributed by atoms with E-state index in [1.807, 2.05) is 35.8 Å². The first-order valence-corrected chi connectivity index (χ1v) is 10.1. The molecule has 3 rings (SSSR count). The van der Waals surface area contributed by atoms with Crippen molar-refractivity contribution >= 4 is 17.0 Å². The Bertz CT molecular complexity index is 765. The number of hydrogen-bond acceptors (Lipinski definition) is 3. The fourth-order valence-electron chi connectivity index (χ4n) is 4.38. The molecule has 1 saturated carbocycles. The van der Waals surface area contributed by atoms with Crippen LogP contribution in [0.15, 0.2) is 24.3 Å². The van der Waals surface area contributed by atoms with Crippen LogP contribution in [0.5, 0.6) is 0 Å². The van der Waals surface area contributed by atoms with Crippen LogP contribution in [-0.4, -0.2) is 21.6 Å². The number of hydrogen-bond donors (Lipinski definition) is 0. The molecule has 0 spiro atoms. The fourth-order valence-corrected chi connectivity index (χ4v) is 4.38. The van der Waals surface area contributed by atoms with E-state index in [0.717, 1.165) is 36.1 Å². The number of imidazole rings is 1. The molecule has 0 bridgehead atoms. The predicted molar refractivity (Wildman–Crippen MR) is 105 cm³/mol. The Balaban J connectivity index is 1.83. The average Bonchev–Trinajstić information content (AvgIpc) is 2.99. The Kier molecular flexibility index (Phi) is 5.69. The SMILES string of the molecule is CCc1nc2ccccc2n1[C@H](C)C(=O)O[C@@H]1CC(C)CCC1C(C)C. The molecule has 2 aromatic rings. The smallest absolute Gasteiger partial charge is 0.329 e. The van der Waals surface area contributed by atoms with Gasteiger partial charge in [-0.1, -0.05) is 46.2 Å². The van der Waals surface area contributed by atoms with Crippen LogP contribution in [0.3, 0.4) is 0 Å². The highest BCUT2D eigenvalue weighted by atomic mass is 16.5. The first-order valence-electron chi connectivity index (χ1n) is 10.1. The lowest BCUT2D eigenvalue weighted by atomic mass is 9.75. The zero-order chi connectivity index (χ0) is 18.8. The molecule has 4 heteroatoms. The summed E-state index contributed by atoms with van der Waals surface area (Å²) >= 11 is 0. The first kappa shape index (κ1) is 18.9. The molecule has 4 atom stereocenters. The number of carbonyl (C=O) groups excluding carboxylic acids is 1.